The van der Waals surface area contributed by atoms with E-state index in [4.69, 9.17) is 11.6 Å². The predicted molar refractivity (Wildman–Crippen MR) is 95.3 cm³/mol. The van der Waals surface area contributed by atoms with Gasteiger partial charge in [0, 0.05) is 5.02 Å². The van der Waals surface area contributed by atoms with Crippen LogP contribution in [0.4, 0.5) is 0 Å². The summed E-state index contributed by atoms with van der Waals surface area (Å²) >= 11 is 5.85. The van der Waals surface area contributed by atoms with E-state index in [1.807, 2.05) is 0 Å². The summed E-state index contributed by atoms with van der Waals surface area (Å²) in [7, 11) is 0. The fourth-order valence-corrected chi connectivity index (χ4v) is 2.83. The van der Waals surface area contributed by atoms with Gasteiger partial charge in [0.2, 0.25) is 0 Å². The van der Waals surface area contributed by atoms with Crippen LogP contribution in [0, 0.1) is 6.92 Å². The molecule has 0 radical (unpaired) electrons. The molecule has 11 heteroatoms. The molecule has 0 saturated heterocycles. The second kappa shape index (κ2) is 6.89. The number of hydrogen-bond acceptors (Lipinski definition) is 7. The highest BCUT2D eigenvalue weighted by molar-refractivity contribution is 6.30. The topological polar surface area (TPSA) is 116 Å². The maximum Gasteiger partial charge on any atom is 0.280 e. The normalized spacial score (nSPS) is 12.6. The molecule has 0 unspecified atom stereocenters. The Kier molecular flexibility index (Phi) is 4.42. The Hall–Kier alpha value is -3.11. The van der Waals surface area contributed by atoms with Crippen molar-refractivity contribution < 1.29 is 5.11 Å². The van der Waals surface area contributed by atoms with Crippen molar-refractivity contribution in [1.82, 2.24) is 39.4 Å². The van der Waals surface area contributed by atoms with Crippen LogP contribution >= 0.6 is 11.6 Å². The fourth-order valence-electron chi connectivity index (χ4n) is 2.70. The molecule has 10 nitrogen and oxygen atoms in total. The van der Waals surface area contributed by atoms with Gasteiger partial charge in [0.25, 0.3) is 5.56 Å². The number of imidazole rings is 1. The van der Waals surface area contributed by atoms with Gasteiger partial charge in [-0.1, -0.05) is 23.7 Å². The number of aliphatic hydroxyl groups is 1. The van der Waals surface area contributed by atoms with Crippen LogP contribution in [0.2, 0.25) is 5.02 Å². The summed E-state index contributed by atoms with van der Waals surface area (Å²) < 4.78 is 2.82. The zero-order valence-electron chi connectivity index (χ0n) is 14.3. The minimum Gasteiger partial charge on any atom is -0.386 e. The first-order chi connectivity index (χ1) is 13.0. The van der Waals surface area contributed by atoms with Crippen LogP contribution < -0.4 is 5.56 Å². The van der Waals surface area contributed by atoms with Crippen molar-refractivity contribution in [3.05, 3.63) is 69.4 Å². The van der Waals surface area contributed by atoms with Crippen molar-refractivity contribution in [2.75, 3.05) is 0 Å². The lowest BCUT2D eigenvalue weighted by atomic mass is 10.1. The molecule has 1 N–H and O–H groups in total. The summed E-state index contributed by atoms with van der Waals surface area (Å²) in [5.41, 5.74) is 1.46. The van der Waals surface area contributed by atoms with E-state index in [0.717, 1.165) is 0 Å². The Bertz CT molecular complexity index is 1150. The number of aliphatic hydroxyl groups excluding tert-OH is 1. The van der Waals surface area contributed by atoms with Crippen LogP contribution in [0.5, 0.6) is 0 Å². The summed E-state index contributed by atoms with van der Waals surface area (Å²) in [4.78, 5) is 17.9. The zero-order valence-corrected chi connectivity index (χ0v) is 15.0. The number of aromatic nitrogens is 8. The molecule has 3 heterocycles. The van der Waals surface area contributed by atoms with E-state index in [1.165, 1.54) is 26.5 Å². The molecule has 3 aromatic heterocycles. The van der Waals surface area contributed by atoms with E-state index in [1.54, 1.807) is 31.2 Å². The molecule has 1 aromatic carbocycles. The monoisotopic (exact) mass is 386 g/mol. The molecule has 27 heavy (non-hydrogen) atoms. The molecule has 0 saturated carbocycles. The smallest absolute Gasteiger partial charge is 0.280 e. The number of hydrogen-bond donors (Lipinski definition) is 1. The number of benzene rings is 1. The van der Waals surface area contributed by atoms with Gasteiger partial charge in [-0.15, -0.1) is 10.2 Å². The summed E-state index contributed by atoms with van der Waals surface area (Å²) in [6.07, 6.45) is 2.09. The number of nitrogens with zero attached hydrogens (tertiary/aromatic N) is 8. The van der Waals surface area contributed by atoms with E-state index < -0.39 is 6.10 Å². The second-order valence-electron chi connectivity index (χ2n) is 6.02. The molecule has 0 fully saturated rings. The minimum atomic E-state index is -0.806. The Morgan fingerprint density at radius 2 is 2.00 bits per heavy atom. The summed E-state index contributed by atoms with van der Waals surface area (Å²) in [5.74, 6) is 0.337. The molecule has 0 bridgehead atoms. The molecule has 4 rings (SSSR count). The van der Waals surface area contributed by atoms with Gasteiger partial charge in [0.05, 0.1) is 18.8 Å². The quantitative estimate of drug-likeness (QED) is 0.534. The molecule has 0 aliphatic heterocycles. The molecule has 4 aromatic rings. The van der Waals surface area contributed by atoms with Gasteiger partial charge in [-0.25, -0.2) is 9.50 Å². The van der Waals surface area contributed by atoms with Crippen molar-refractivity contribution in [3.63, 3.8) is 0 Å². The molecule has 0 aliphatic rings. The Morgan fingerprint density at radius 3 is 2.78 bits per heavy atom. The van der Waals surface area contributed by atoms with Crippen LogP contribution in [0.15, 0.2) is 41.7 Å². The highest BCUT2D eigenvalue weighted by Crippen LogP contribution is 2.17. The third-order valence-corrected chi connectivity index (χ3v) is 4.36. The van der Waals surface area contributed by atoms with Gasteiger partial charge in [-0.2, -0.15) is 9.90 Å². The summed E-state index contributed by atoms with van der Waals surface area (Å²) in [6.45, 7) is 1.99. The number of rotatable bonds is 5. The largest absolute Gasteiger partial charge is 0.386 e. The lowest BCUT2D eigenvalue weighted by Crippen LogP contribution is -2.24. The van der Waals surface area contributed by atoms with Crippen LogP contribution in [0.1, 0.15) is 23.2 Å². The summed E-state index contributed by atoms with van der Waals surface area (Å²) in [6, 6.07) is 6.88. The molecule has 138 valence electrons. The maximum absolute atomic E-state index is 12.5. The average Bonchev–Trinajstić information content (AvgIpc) is 3.25. The van der Waals surface area contributed by atoms with Crippen LogP contribution in [0.25, 0.3) is 5.52 Å². The van der Waals surface area contributed by atoms with Crippen molar-refractivity contribution in [1.29, 1.82) is 0 Å². The Balaban J connectivity index is 1.51. The second-order valence-corrected chi connectivity index (χ2v) is 6.45. The lowest BCUT2D eigenvalue weighted by molar-refractivity contribution is 0.144. The first-order valence-corrected chi connectivity index (χ1v) is 8.48. The first kappa shape index (κ1) is 17.3. The molecular formula is C16H15ClN8O2. The molecule has 0 amide bonds. The number of halogens is 1. The van der Waals surface area contributed by atoms with Gasteiger partial charge in [0.1, 0.15) is 18.8 Å². The molecule has 1 atom stereocenters. The number of tetrazole rings is 1. The van der Waals surface area contributed by atoms with Gasteiger partial charge in [0.15, 0.2) is 11.3 Å². The summed E-state index contributed by atoms with van der Waals surface area (Å²) in [5, 5.41) is 27.1. The first-order valence-electron chi connectivity index (χ1n) is 8.11. The molecular weight excluding hydrogens is 372 g/mol. The van der Waals surface area contributed by atoms with Crippen molar-refractivity contribution in [2.24, 2.45) is 0 Å². The third kappa shape index (κ3) is 3.44. The number of aryl methyl sites for hydroxylation is 1. The minimum absolute atomic E-state index is 0.115. The van der Waals surface area contributed by atoms with E-state index in [9.17, 15) is 9.90 Å². The molecule has 0 spiro atoms. The SMILES string of the molecule is Cc1ncn2ncn(Cc3nnn(C[C@H](O)c4ccc(Cl)cc4)n3)c(=O)c12. The van der Waals surface area contributed by atoms with Crippen LogP contribution in [-0.2, 0) is 13.1 Å². The Morgan fingerprint density at radius 1 is 1.22 bits per heavy atom. The average molecular weight is 387 g/mol. The van der Waals surface area contributed by atoms with E-state index in [2.05, 4.69) is 25.5 Å². The Labute approximate surface area is 157 Å². The third-order valence-electron chi connectivity index (χ3n) is 4.11. The van der Waals surface area contributed by atoms with Gasteiger partial charge >= 0.3 is 0 Å². The van der Waals surface area contributed by atoms with Crippen LogP contribution in [-0.4, -0.2) is 44.5 Å². The van der Waals surface area contributed by atoms with E-state index in [0.29, 0.717) is 27.6 Å². The van der Waals surface area contributed by atoms with Gasteiger partial charge in [-0.3, -0.25) is 9.36 Å². The van der Waals surface area contributed by atoms with Crippen molar-refractivity contribution in [3.8, 4) is 0 Å². The fraction of sp³-hybridized carbons (Fsp3) is 0.250. The van der Waals surface area contributed by atoms with Gasteiger partial charge < -0.3 is 5.11 Å². The van der Waals surface area contributed by atoms with Crippen molar-refractivity contribution in [2.45, 2.75) is 26.1 Å². The van der Waals surface area contributed by atoms with Gasteiger partial charge in [-0.05, 0) is 29.8 Å². The van der Waals surface area contributed by atoms with E-state index >= 15 is 0 Å². The highest BCUT2D eigenvalue weighted by atomic mass is 35.5. The van der Waals surface area contributed by atoms with E-state index in [-0.39, 0.29) is 18.6 Å². The lowest BCUT2D eigenvalue weighted by Gasteiger charge is -2.09. The standard InChI is InChI=1S/C16H15ClN8O2/c1-10-15-16(27)23(9-19-24(15)8-18-10)7-14-20-22-25(21-14)6-13(26)11-2-4-12(17)5-3-11/h2-5,8-9,13,26H,6-7H2,1H3/t13-/m0/s1. The molecule has 0 aliphatic carbocycles. The highest BCUT2D eigenvalue weighted by Gasteiger charge is 2.13. The number of fused-ring (bicyclic) bond motifs is 1. The predicted octanol–water partition coefficient (Wildman–Crippen LogP) is 0.621. The van der Waals surface area contributed by atoms with Crippen molar-refractivity contribution >= 4 is 17.1 Å². The van der Waals surface area contributed by atoms with Crippen LogP contribution in [0.3, 0.4) is 0 Å². The maximum atomic E-state index is 12.5. The zero-order chi connectivity index (χ0) is 19.0.